The molecule has 0 heterocycles. The van der Waals surface area contributed by atoms with Gasteiger partial charge in [-0.1, -0.05) is 24.3 Å². The maximum Gasteiger partial charge on any atom is 0.315 e. The van der Waals surface area contributed by atoms with Gasteiger partial charge in [-0.3, -0.25) is 9.59 Å². The second-order valence-electron chi connectivity index (χ2n) is 5.18. The second kappa shape index (κ2) is 3.42. The fraction of sp³-hybridized carbons (Fsp3) is 0.429. The highest BCUT2D eigenvalue weighted by Gasteiger charge is 2.51. The summed E-state index contributed by atoms with van der Waals surface area (Å²) in [5.74, 6) is -0.217. The minimum Gasteiger partial charge on any atom is -0.481 e. The van der Waals surface area contributed by atoms with Crippen LogP contribution in [0.2, 0.25) is 0 Å². The van der Waals surface area contributed by atoms with Gasteiger partial charge >= 0.3 is 5.97 Å². The standard InChI is InChI=1S/C14H14O3/c15-12-7-14(8-12,13(16)17)11-3-1-2-10(6-11)9-4-5-9/h1-3,6,9H,4-5,7-8H2,(H,16,17). The van der Waals surface area contributed by atoms with Gasteiger partial charge in [-0.25, -0.2) is 0 Å². The van der Waals surface area contributed by atoms with Crippen LogP contribution in [0.1, 0.15) is 42.7 Å². The predicted molar refractivity (Wildman–Crippen MR) is 62.0 cm³/mol. The molecule has 3 rings (SSSR count). The van der Waals surface area contributed by atoms with Gasteiger partial charge in [-0.15, -0.1) is 0 Å². The third-order valence-corrected chi connectivity index (χ3v) is 3.90. The van der Waals surface area contributed by atoms with Crippen molar-refractivity contribution < 1.29 is 14.7 Å². The molecule has 1 aromatic carbocycles. The quantitative estimate of drug-likeness (QED) is 0.866. The highest BCUT2D eigenvalue weighted by molar-refractivity contribution is 6.01. The van der Waals surface area contributed by atoms with Gasteiger partial charge in [0.15, 0.2) is 0 Å². The molecule has 17 heavy (non-hydrogen) atoms. The van der Waals surface area contributed by atoms with E-state index in [0.29, 0.717) is 5.92 Å². The zero-order valence-electron chi connectivity index (χ0n) is 9.48. The monoisotopic (exact) mass is 230 g/mol. The summed E-state index contributed by atoms with van der Waals surface area (Å²) >= 11 is 0. The number of carbonyl (C=O) groups excluding carboxylic acids is 1. The van der Waals surface area contributed by atoms with E-state index in [-0.39, 0.29) is 18.6 Å². The van der Waals surface area contributed by atoms with Crippen molar-refractivity contribution >= 4 is 11.8 Å². The summed E-state index contributed by atoms with van der Waals surface area (Å²) in [5.41, 5.74) is 1.08. The van der Waals surface area contributed by atoms with Crippen molar-refractivity contribution in [2.45, 2.75) is 37.0 Å². The maximum absolute atomic E-state index is 11.4. The van der Waals surface area contributed by atoms with Gasteiger partial charge in [0.25, 0.3) is 0 Å². The molecule has 2 fully saturated rings. The van der Waals surface area contributed by atoms with Gasteiger partial charge < -0.3 is 5.11 Å². The molecule has 88 valence electrons. The average molecular weight is 230 g/mol. The van der Waals surface area contributed by atoms with Crippen molar-refractivity contribution in [2.75, 3.05) is 0 Å². The fourth-order valence-corrected chi connectivity index (χ4v) is 2.61. The average Bonchev–Trinajstić information content (AvgIpc) is 3.08. The number of carboxylic acids is 1. The Morgan fingerprint density at radius 2 is 2.00 bits per heavy atom. The fourth-order valence-electron chi connectivity index (χ4n) is 2.61. The van der Waals surface area contributed by atoms with Crippen molar-refractivity contribution in [3.63, 3.8) is 0 Å². The molecule has 0 aromatic heterocycles. The topological polar surface area (TPSA) is 54.4 Å². The predicted octanol–water partition coefficient (Wildman–Crippen LogP) is 2.25. The molecule has 2 aliphatic carbocycles. The minimum absolute atomic E-state index is 0.0456. The lowest BCUT2D eigenvalue weighted by Crippen LogP contribution is -2.48. The zero-order valence-corrected chi connectivity index (χ0v) is 9.48. The molecular weight excluding hydrogens is 216 g/mol. The molecular formula is C14H14O3. The number of carboxylic acid groups (broad SMARTS) is 1. The summed E-state index contributed by atoms with van der Waals surface area (Å²) in [4.78, 5) is 22.6. The molecule has 3 nitrogen and oxygen atoms in total. The molecule has 2 aliphatic rings. The molecule has 3 heteroatoms. The number of rotatable bonds is 3. The van der Waals surface area contributed by atoms with Crippen LogP contribution in [0.4, 0.5) is 0 Å². The van der Waals surface area contributed by atoms with Crippen LogP contribution in [0.5, 0.6) is 0 Å². The van der Waals surface area contributed by atoms with E-state index in [1.807, 2.05) is 18.2 Å². The lowest BCUT2D eigenvalue weighted by atomic mass is 9.63. The van der Waals surface area contributed by atoms with E-state index in [0.717, 1.165) is 5.56 Å². The van der Waals surface area contributed by atoms with Crippen molar-refractivity contribution in [1.82, 2.24) is 0 Å². The van der Waals surface area contributed by atoms with E-state index in [2.05, 4.69) is 6.07 Å². The molecule has 0 bridgehead atoms. The number of carbonyl (C=O) groups is 2. The summed E-state index contributed by atoms with van der Waals surface area (Å²) in [6.07, 6.45) is 2.69. The van der Waals surface area contributed by atoms with Gasteiger partial charge in [-0.2, -0.15) is 0 Å². The Bertz CT molecular complexity index is 492. The molecule has 1 aromatic rings. The Hall–Kier alpha value is -1.64. The number of ketones is 1. The van der Waals surface area contributed by atoms with E-state index >= 15 is 0 Å². The van der Waals surface area contributed by atoms with Crippen LogP contribution in [-0.4, -0.2) is 16.9 Å². The second-order valence-corrected chi connectivity index (χ2v) is 5.18. The number of benzene rings is 1. The summed E-state index contributed by atoms with van der Waals surface area (Å²) in [5, 5.41) is 9.35. The largest absolute Gasteiger partial charge is 0.481 e. The first kappa shape index (κ1) is 10.5. The van der Waals surface area contributed by atoms with Crippen molar-refractivity contribution in [3.05, 3.63) is 35.4 Å². The van der Waals surface area contributed by atoms with Gasteiger partial charge in [0, 0.05) is 12.8 Å². The minimum atomic E-state index is -0.942. The first-order valence-electron chi connectivity index (χ1n) is 5.97. The number of aliphatic carboxylic acids is 1. The van der Waals surface area contributed by atoms with Gasteiger partial charge in [0.1, 0.15) is 11.2 Å². The van der Waals surface area contributed by atoms with Crippen LogP contribution >= 0.6 is 0 Å². The molecule has 0 atom stereocenters. The molecule has 1 N–H and O–H groups in total. The lowest BCUT2D eigenvalue weighted by molar-refractivity contribution is -0.153. The Kier molecular flexibility index (Phi) is 2.12. The Balaban J connectivity index is 1.98. The van der Waals surface area contributed by atoms with Crippen LogP contribution in [0.15, 0.2) is 24.3 Å². The molecule has 2 saturated carbocycles. The van der Waals surface area contributed by atoms with Crippen molar-refractivity contribution in [2.24, 2.45) is 0 Å². The molecule has 0 spiro atoms. The van der Waals surface area contributed by atoms with E-state index in [4.69, 9.17) is 0 Å². The number of Topliss-reactive ketones (excluding diaryl/α,β-unsaturated/α-hetero) is 1. The van der Waals surface area contributed by atoms with Crippen LogP contribution in [0.3, 0.4) is 0 Å². The molecule has 0 radical (unpaired) electrons. The molecule has 0 unspecified atom stereocenters. The van der Waals surface area contributed by atoms with Crippen LogP contribution in [-0.2, 0) is 15.0 Å². The molecule has 0 aliphatic heterocycles. The summed E-state index contributed by atoms with van der Waals surface area (Å²) in [6.45, 7) is 0. The van der Waals surface area contributed by atoms with E-state index in [9.17, 15) is 14.7 Å². The number of hydrogen-bond acceptors (Lipinski definition) is 2. The normalized spacial score (nSPS) is 22.0. The van der Waals surface area contributed by atoms with E-state index < -0.39 is 11.4 Å². The number of hydrogen-bond donors (Lipinski definition) is 1. The van der Waals surface area contributed by atoms with Crippen LogP contribution < -0.4 is 0 Å². The Morgan fingerprint density at radius 3 is 2.53 bits per heavy atom. The lowest BCUT2D eigenvalue weighted by Gasteiger charge is -2.36. The van der Waals surface area contributed by atoms with Crippen LogP contribution in [0, 0.1) is 0 Å². The van der Waals surface area contributed by atoms with E-state index in [1.165, 1.54) is 18.4 Å². The summed E-state index contributed by atoms with van der Waals surface area (Å²) in [7, 11) is 0. The summed E-state index contributed by atoms with van der Waals surface area (Å²) < 4.78 is 0. The van der Waals surface area contributed by atoms with Gasteiger partial charge in [0.2, 0.25) is 0 Å². The first-order valence-corrected chi connectivity index (χ1v) is 5.97. The highest BCUT2D eigenvalue weighted by Crippen LogP contribution is 2.45. The van der Waals surface area contributed by atoms with Crippen LogP contribution in [0.25, 0.3) is 0 Å². The van der Waals surface area contributed by atoms with Crippen molar-refractivity contribution in [1.29, 1.82) is 0 Å². The van der Waals surface area contributed by atoms with Gasteiger partial charge in [-0.05, 0) is 29.9 Å². The first-order chi connectivity index (χ1) is 8.12. The maximum atomic E-state index is 11.4. The smallest absolute Gasteiger partial charge is 0.315 e. The third-order valence-electron chi connectivity index (χ3n) is 3.90. The van der Waals surface area contributed by atoms with E-state index in [1.54, 1.807) is 0 Å². The Labute approximate surface area is 99.5 Å². The zero-order chi connectivity index (χ0) is 12.0. The molecule has 0 saturated heterocycles. The highest BCUT2D eigenvalue weighted by atomic mass is 16.4. The van der Waals surface area contributed by atoms with Gasteiger partial charge in [0.05, 0.1) is 0 Å². The van der Waals surface area contributed by atoms with Crippen molar-refractivity contribution in [3.8, 4) is 0 Å². The summed E-state index contributed by atoms with van der Waals surface area (Å²) in [6, 6.07) is 7.79. The third kappa shape index (κ3) is 1.57. The SMILES string of the molecule is O=C1CC(C(=O)O)(c2cccc(C3CC3)c2)C1. The Morgan fingerprint density at radius 1 is 1.29 bits per heavy atom. The molecule has 0 amide bonds.